The van der Waals surface area contributed by atoms with Crippen molar-refractivity contribution in [1.82, 2.24) is 0 Å². The van der Waals surface area contributed by atoms with Crippen LogP contribution < -0.4 is 5.32 Å². The molecule has 0 heterocycles. The predicted molar refractivity (Wildman–Crippen MR) is 63.6 cm³/mol. The highest BCUT2D eigenvalue weighted by molar-refractivity contribution is 5.92. The van der Waals surface area contributed by atoms with E-state index < -0.39 is 0 Å². The van der Waals surface area contributed by atoms with Gasteiger partial charge in [0, 0.05) is 12.7 Å². The van der Waals surface area contributed by atoms with E-state index in [-0.39, 0.29) is 0 Å². The molecule has 0 bridgehead atoms. The molecule has 0 saturated heterocycles. The van der Waals surface area contributed by atoms with Crippen LogP contribution in [-0.4, -0.2) is 7.05 Å². The maximum atomic E-state index is 3.82. The van der Waals surface area contributed by atoms with Crippen molar-refractivity contribution in [3.05, 3.63) is 48.5 Å². The fraction of sp³-hybridized carbons (Fsp3) is 0.0769. The van der Waals surface area contributed by atoms with Crippen LogP contribution >= 0.6 is 0 Å². The number of rotatable bonds is 2. The van der Waals surface area contributed by atoms with Gasteiger partial charge in [0.05, 0.1) is 0 Å². The fourth-order valence-corrected chi connectivity index (χ4v) is 1.63. The fourth-order valence-electron chi connectivity index (χ4n) is 1.63. The van der Waals surface area contributed by atoms with Gasteiger partial charge >= 0.3 is 0 Å². The molecule has 2 aromatic rings. The second kappa shape index (κ2) is 3.54. The van der Waals surface area contributed by atoms with Gasteiger partial charge in [-0.3, -0.25) is 0 Å². The molecule has 0 radical (unpaired) electrons. The van der Waals surface area contributed by atoms with Crippen LogP contribution in [0.15, 0.2) is 43.0 Å². The number of nitrogens with one attached hydrogen (secondary N) is 1. The van der Waals surface area contributed by atoms with Crippen LogP contribution in [0.3, 0.4) is 0 Å². The molecule has 1 N–H and O–H groups in total. The molecule has 0 aromatic heterocycles. The van der Waals surface area contributed by atoms with E-state index in [0.717, 1.165) is 5.69 Å². The minimum Gasteiger partial charge on any atom is -0.388 e. The Morgan fingerprint density at radius 2 is 2.07 bits per heavy atom. The summed E-state index contributed by atoms with van der Waals surface area (Å²) in [6.45, 7) is 3.82. The van der Waals surface area contributed by atoms with Gasteiger partial charge < -0.3 is 5.32 Å². The van der Waals surface area contributed by atoms with Crippen LogP contribution in [0.1, 0.15) is 5.56 Å². The molecule has 0 saturated carbocycles. The summed E-state index contributed by atoms with van der Waals surface area (Å²) in [6, 6.07) is 12.6. The van der Waals surface area contributed by atoms with Crippen molar-refractivity contribution >= 4 is 22.5 Å². The summed E-state index contributed by atoms with van der Waals surface area (Å²) >= 11 is 0. The molecular weight excluding hydrogens is 170 g/mol. The first-order chi connectivity index (χ1) is 6.85. The third-order valence-corrected chi connectivity index (χ3v) is 2.42. The number of benzene rings is 2. The monoisotopic (exact) mass is 183 g/mol. The largest absolute Gasteiger partial charge is 0.388 e. The molecule has 0 aliphatic carbocycles. The molecule has 0 aliphatic heterocycles. The van der Waals surface area contributed by atoms with Crippen molar-refractivity contribution in [2.45, 2.75) is 0 Å². The minimum atomic E-state index is 1.13. The lowest BCUT2D eigenvalue weighted by Gasteiger charge is -2.05. The Kier molecular flexibility index (Phi) is 2.23. The normalized spacial score (nSPS) is 10.1. The number of hydrogen-bond donors (Lipinski definition) is 1. The van der Waals surface area contributed by atoms with Gasteiger partial charge in [-0.1, -0.05) is 36.9 Å². The maximum Gasteiger partial charge on any atom is 0.0344 e. The molecule has 0 amide bonds. The second-order valence-corrected chi connectivity index (χ2v) is 3.24. The smallest absolute Gasteiger partial charge is 0.0344 e. The Morgan fingerprint density at radius 1 is 1.21 bits per heavy atom. The van der Waals surface area contributed by atoms with Gasteiger partial charge in [-0.05, 0) is 28.5 Å². The summed E-state index contributed by atoms with van der Waals surface area (Å²) in [5.74, 6) is 0. The molecule has 14 heavy (non-hydrogen) atoms. The number of fused-ring (bicyclic) bond motifs is 1. The first kappa shape index (κ1) is 8.82. The van der Waals surface area contributed by atoms with Gasteiger partial charge in [0.25, 0.3) is 0 Å². The highest BCUT2D eigenvalue weighted by atomic mass is 14.8. The molecular formula is C13H13N. The van der Waals surface area contributed by atoms with Crippen LogP contribution in [0.25, 0.3) is 16.8 Å². The maximum absolute atomic E-state index is 3.82. The van der Waals surface area contributed by atoms with Crippen LogP contribution in [0.2, 0.25) is 0 Å². The van der Waals surface area contributed by atoms with Crippen LogP contribution in [-0.2, 0) is 0 Å². The van der Waals surface area contributed by atoms with Crippen LogP contribution in [0.5, 0.6) is 0 Å². The number of anilines is 1. The van der Waals surface area contributed by atoms with Gasteiger partial charge in [0.2, 0.25) is 0 Å². The van der Waals surface area contributed by atoms with Crippen molar-refractivity contribution in [3.8, 4) is 0 Å². The molecule has 0 atom stereocenters. The average Bonchev–Trinajstić information content (AvgIpc) is 2.27. The van der Waals surface area contributed by atoms with Crippen molar-refractivity contribution in [3.63, 3.8) is 0 Å². The van der Waals surface area contributed by atoms with Gasteiger partial charge in [0.15, 0.2) is 0 Å². The van der Waals surface area contributed by atoms with Gasteiger partial charge in [-0.15, -0.1) is 0 Å². The van der Waals surface area contributed by atoms with Crippen molar-refractivity contribution in [2.75, 3.05) is 12.4 Å². The van der Waals surface area contributed by atoms with E-state index in [1.165, 1.54) is 16.3 Å². The lowest BCUT2D eigenvalue weighted by atomic mass is 10.0. The van der Waals surface area contributed by atoms with Gasteiger partial charge in [-0.2, -0.15) is 0 Å². The SMILES string of the molecule is C=Cc1cccc2ccc(NC)cc12. The van der Waals surface area contributed by atoms with Crippen LogP contribution in [0, 0.1) is 0 Å². The molecule has 2 rings (SSSR count). The van der Waals surface area contributed by atoms with E-state index >= 15 is 0 Å². The molecule has 0 unspecified atom stereocenters. The van der Waals surface area contributed by atoms with Crippen molar-refractivity contribution in [1.29, 1.82) is 0 Å². The van der Waals surface area contributed by atoms with Crippen LogP contribution in [0.4, 0.5) is 5.69 Å². The Labute approximate surface area is 84.1 Å². The summed E-state index contributed by atoms with van der Waals surface area (Å²) < 4.78 is 0. The zero-order valence-electron chi connectivity index (χ0n) is 8.25. The Bertz CT molecular complexity index is 472. The number of hydrogen-bond acceptors (Lipinski definition) is 1. The lowest BCUT2D eigenvalue weighted by molar-refractivity contribution is 1.53. The molecule has 0 fully saturated rings. The van der Waals surface area contributed by atoms with Gasteiger partial charge in [0.1, 0.15) is 0 Å². The second-order valence-electron chi connectivity index (χ2n) is 3.24. The van der Waals surface area contributed by atoms with E-state index in [4.69, 9.17) is 0 Å². The lowest BCUT2D eigenvalue weighted by Crippen LogP contribution is -1.87. The predicted octanol–water partition coefficient (Wildman–Crippen LogP) is 3.52. The summed E-state index contributed by atoms with van der Waals surface area (Å²) in [5.41, 5.74) is 2.31. The molecule has 1 nitrogen and oxygen atoms in total. The summed E-state index contributed by atoms with van der Waals surface area (Å²) in [4.78, 5) is 0. The summed E-state index contributed by atoms with van der Waals surface area (Å²) in [5, 5.41) is 5.63. The first-order valence-corrected chi connectivity index (χ1v) is 4.68. The Morgan fingerprint density at radius 3 is 2.79 bits per heavy atom. The van der Waals surface area contributed by atoms with E-state index in [2.05, 4.69) is 48.3 Å². The highest BCUT2D eigenvalue weighted by Crippen LogP contribution is 2.23. The average molecular weight is 183 g/mol. The Balaban J connectivity index is 2.76. The molecule has 0 spiro atoms. The zero-order chi connectivity index (χ0) is 9.97. The van der Waals surface area contributed by atoms with E-state index in [9.17, 15) is 0 Å². The molecule has 1 heteroatoms. The third-order valence-electron chi connectivity index (χ3n) is 2.42. The topological polar surface area (TPSA) is 12.0 Å². The highest BCUT2D eigenvalue weighted by Gasteiger charge is 1.98. The van der Waals surface area contributed by atoms with Crippen molar-refractivity contribution in [2.24, 2.45) is 0 Å². The Hall–Kier alpha value is -1.76. The van der Waals surface area contributed by atoms with E-state index in [1.54, 1.807) is 0 Å². The summed E-state index contributed by atoms with van der Waals surface area (Å²) in [6.07, 6.45) is 1.89. The quantitative estimate of drug-likeness (QED) is 0.751. The molecule has 0 aliphatic rings. The third kappa shape index (κ3) is 1.37. The zero-order valence-corrected chi connectivity index (χ0v) is 8.25. The minimum absolute atomic E-state index is 1.13. The van der Waals surface area contributed by atoms with Gasteiger partial charge in [-0.25, -0.2) is 0 Å². The van der Waals surface area contributed by atoms with E-state index in [0.29, 0.717) is 0 Å². The first-order valence-electron chi connectivity index (χ1n) is 4.68. The standard InChI is InChI=1S/C13H13N/c1-3-10-5-4-6-11-7-8-12(14-2)9-13(10)11/h3-9,14H,1H2,2H3. The molecule has 70 valence electrons. The van der Waals surface area contributed by atoms with E-state index in [1.807, 2.05) is 13.1 Å². The summed E-state index contributed by atoms with van der Waals surface area (Å²) in [7, 11) is 1.93. The van der Waals surface area contributed by atoms with Crippen molar-refractivity contribution < 1.29 is 0 Å². The molecule has 2 aromatic carbocycles.